The lowest BCUT2D eigenvalue weighted by Crippen LogP contribution is -2.18. The van der Waals surface area contributed by atoms with Gasteiger partial charge >= 0.3 is 0 Å². The van der Waals surface area contributed by atoms with Crippen LogP contribution >= 0.6 is 0 Å². The summed E-state index contributed by atoms with van der Waals surface area (Å²) < 4.78 is 2.40. The fraction of sp³-hybridized carbons (Fsp3) is 0.412. The molecule has 0 radical (unpaired) electrons. The summed E-state index contributed by atoms with van der Waals surface area (Å²) in [7, 11) is 0. The molecular formula is C17H18N4. The molecule has 0 unspecified atom stereocenters. The zero-order valence-corrected chi connectivity index (χ0v) is 12.1. The van der Waals surface area contributed by atoms with Gasteiger partial charge in [0.25, 0.3) is 0 Å². The van der Waals surface area contributed by atoms with Crippen LogP contribution in [0.4, 0.5) is 0 Å². The van der Waals surface area contributed by atoms with Gasteiger partial charge in [0.15, 0.2) is 0 Å². The summed E-state index contributed by atoms with van der Waals surface area (Å²) in [6.07, 6.45) is 6.15. The van der Waals surface area contributed by atoms with E-state index >= 15 is 0 Å². The van der Waals surface area contributed by atoms with Crippen molar-refractivity contribution in [2.45, 2.75) is 38.6 Å². The van der Waals surface area contributed by atoms with Crippen molar-refractivity contribution in [2.24, 2.45) is 5.92 Å². The Labute approximate surface area is 123 Å². The molecule has 2 aromatic heterocycles. The molecule has 106 valence electrons. The van der Waals surface area contributed by atoms with Gasteiger partial charge in [0.1, 0.15) is 5.82 Å². The molecule has 1 aromatic carbocycles. The maximum Gasteiger partial charge on any atom is 0.106 e. The number of nitrogens with zero attached hydrogens (tertiary/aromatic N) is 3. The third-order valence-electron chi connectivity index (χ3n) is 4.80. The largest absolute Gasteiger partial charge is 0.361 e. The molecule has 0 amide bonds. The first-order valence-electron chi connectivity index (χ1n) is 7.62. The normalized spacial score (nSPS) is 22.7. The zero-order chi connectivity index (χ0) is 14.4. The molecule has 4 nitrogen and oxygen atoms in total. The summed E-state index contributed by atoms with van der Waals surface area (Å²) in [5.74, 6) is 1.32. The lowest BCUT2D eigenvalue weighted by molar-refractivity contribution is 0.315. The molecule has 1 aliphatic carbocycles. The third kappa shape index (κ3) is 1.84. The van der Waals surface area contributed by atoms with Crippen molar-refractivity contribution in [1.82, 2.24) is 14.5 Å². The molecule has 3 aromatic rings. The highest BCUT2D eigenvalue weighted by Crippen LogP contribution is 2.36. The Morgan fingerprint density at radius 1 is 1.24 bits per heavy atom. The number of H-pyrrole nitrogens is 1. The van der Waals surface area contributed by atoms with E-state index in [0.717, 1.165) is 42.5 Å². The summed E-state index contributed by atoms with van der Waals surface area (Å²) in [5.41, 5.74) is 3.48. The fourth-order valence-corrected chi connectivity index (χ4v) is 3.75. The molecule has 0 spiro atoms. The minimum atomic E-state index is 0.239. The van der Waals surface area contributed by atoms with E-state index in [1.807, 2.05) is 6.20 Å². The first kappa shape index (κ1) is 12.5. The van der Waals surface area contributed by atoms with Gasteiger partial charge < -0.3 is 9.55 Å². The van der Waals surface area contributed by atoms with Crippen LogP contribution < -0.4 is 0 Å². The number of imidazole rings is 1. The van der Waals surface area contributed by atoms with Crippen molar-refractivity contribution >= 4 is 21.9 Å². The molecule has 1 aliphatic rings. The van der Waals surface area contributed by atoms with Gasteiger partial charge in [-0.1, -0.05) is 0 Å². The number of hydrogen-bond acceptors (Lipinski definition) is 2. The van der Waals surface area contributed by atoms with Gasteiger partial charge in [-0.15, -0.1) is 0 Å². The van der Waals surface area contributed by atoms with Crippen molar-refractivity contribution in [3.05, 3.63) is 30.2 Å². The quantitative estimate of drug-likeness (QED) is 0.729. The third-order valence-corrected chi connectivity index (χ3v) is 4.80. The van der Waals surface area contributed by atoms with Crippen molar-refractivity contribution in [1.29, 1.82) is 5.26 Å². The van der Waals surface area contributed by atoms with Crippen LogP contribution in [0.2, 0.25) is 0 Å². The van der Waals surface area contributed by atoms with Gasteiger partial charge in [-0.2, -0.15) is 5.26 Å². The SMILES string of the molecule is Cc1nc2ccc3[nH]ccc3c2n1C1CCC(C#N)CC1. The maximum atomic E-state index is 9.07. The first-order chi connectivity index (χ1) is 10.3. The van der Waals surface area contributed by atoms with Gasteiger partial charge in [-0.25, -0.2) is 4.98 Å². The van der Waals surface area contributed by atoms with Gasteiger partial charge in [-0.3, -0.25) is 0 Å². The van der Waals surface area contributed by atoms with E-state index in [0.29, 0.717) is 6.04 Å². The smallest absolute Gasteiger partial charge is 0.106 e. The first-order valence-corrected chi connectivity index (χ1v) is 7.62. The topological polar surface area (TPSA) is 57.4 Å². The fourth-order valence-electron chi connectivity index (χ4n) is 3.75. The summed E-state index contributed by atoms with van der Waals surface area (Å²) in [4.78, 5) is 8.02. The Morgan fingerprint density at radius 2 is 2.05 bits per heavy atom. The molecule has 2 heterocycles. The number of fused-ring (bicyclic) bond motifs is 3. The lowest BCUT2D eigenvalue weighted by Gasteiger charge is -2.27. The van der Waals surface area contributed by atoms with Crippen LogP contribution in [-0.4, -0.2) is 14.5 Å². The molecule has 4 heteroatoms. The summed E-state index contributed by atoms with van der Waals surface area (Å²) in [6.45, 7) is 2.09. The average molecular weight is 278 g/mol. The summed E-state index contributed by atoms with van der Waals surface area (Å²) >= 11 is 0. The van der Waals surface area contributed by atoms with Crippen LogP contribution in [0.1, 0.15) is 37.5 Å². The van der Waals surface area contributed by atoms with Crippen LogP contribution in [-0.2, 0) is 0 Å². The van der Waals surface area contributed by atoms with E-state index in [4.69, 9.17) is 10.2 Å². The number of nitrogens with one attached hydrogen (secondary N) is 1. The molecule has 0 aliphatic heterocycles. The number of aromatic nitrogens is 3. The van der Waals surface area contributed by atoms with E-state index in [1.54, 1.807) is 0 Å². The van der Waals surface area contributed by atoms with E-state index in [-0.39, 0.29) is 5.92 Å². The van der Waals surface area contributed by atoms with Gasteiger partial charge in [0, 0.05) is 29.1 Å². The van der Waals surface area contributed by atoms with Crippen LogP contribution in [0.25, 0.3) is 21.9 Å². The second-order valence-electron chi connectivity index (χ2n) is 6.04. The highest BCUT2D eigenvalue weighted by molar-refractivity contribution is 6.03. The molecular weight excluding hydrogens is 260 g/mol. The van der Waals surface area contributed by atoms with E-state index in [9.17, 15) is 0 Å². The molecule has 4 rings (SSSR count). The predicted octanol–water partition coefficient (Wildman–Crippen LogP) is 4.08. The molecule has 0 saturated heterocycles. The highest BCUT2D eigenvalue weighted by Gasteiger charge is 2.25. The van der Waals surface area contributed by atoms with E-state index in [2.05, 4.69) is 40.7 Å². The number of aromatic amines is 1. The van der Waals surface area contributed by atoms with Gasteiger partial charge in [0.2, 0.25) is 0 Å². The molecule has 1 fully saturated rings. The Hall–Kier alpha value is -2.28. The monoisotopic (exact) mass is 278 g/mol. The van der Waals surface area contributed by atoms with Crippen molar-refractivity contribution in [3.8, 4) is 6.07 Å². The molecule has 21 heavy (non-hydrogen) atoms. The second-order valence-corrected chi connectivity index (χ2v) is 6.04. The standard InChI is InChI=1S/C17H18N4/c1-11-20-16-7-6-15-14(8-9-19-15)17(16)21(11)13-4-2-12(10-18)3-5-13/h6-9,12-13,19H,2-5H2,1H3. The number of rotatable bonds is 1. The second kappa shape index (κ2) is 4.63. The Kier molecular flexibility index (Phi) is 2.75. The molecule has 0 atom stereocenters. The molecule has 1 saturated carbocycles. The van der Waals surface area contributed by atoms with E-state index < -0.39 is 0 Å². The number of benzene rings is 1. The summed E-state index contributed by atoms with van der Waals surface area (Å²) in [6, 6.07) is 9.22. The van der Waals surface area contributed by atoms with Crippen molar-refractivity contribution in [3.63, 3.8) is 0 Å². The van der Waals surface area contributed by atoms with E-state index in [1.165, 1.54) is 10.9 Å². The van der Waals surface area contributed by atoms with Crippen LogP contribution in [0, 0.1) is 24.2 Å². The highest BCUT2D eigenvalue weighted by atomic mass is 15.1. The van der Waals surface area contributed by atoms with Gasteiger partial charge in [0.05, 0.1) is 17.1 Å². The Balaban J connectivity index is 1.86. The summed E-state index contributed by atoms with van der Waals surface area (Å²) in [5, 5.41) is 10.3. The number of hydrogen-bond donors (Lipinski definition) is 1. The average Bonchev–Trinajstić information content (AvgIpc) is 3.10. The zero-order valence-electron chi connectivity index (χ0n) is 12.1. The van der Waals surface area contributed by atoms with Crippen LogP contribution in [0.5, 0.6) is 0 Å². The predicted molar refractivity (Wildman–Crippen MR) is 82.9 cm³/mol. The lowest BCUT2D eigenvalue weighted by atomic mass is 9.86. The van der Waals surface area contributed by atoms with Crippen LogP contribution in [0.3, 0.4) is 0 Å². The number of nitriles is 1. The van der Waals surface area contributed by atoms with Crippen LogP contribution in [0.15, 0.2) is 24.4 Å². The van der Waals surface area contributed by atoms with Crippen molar-refractivity contribution in [2.75, 3.05) is 0 Å². The minimum absolute atomic E-state index is 0.239. The minimum Gasteiger partial charge on any atom is -0.361 e. The molecule has 0 bridgehead atoms. The Morgan fingerprint density at radius 3 is 2.81 bits per heavy atom. The van der Waals surface area contributed by atoms with Gasteiger partial charge in [-0.05, 0) is 50.8 Å². The maximum absolute atomic E-state index is 9.07. The number of aryl methyl sites for hydroxylation is 1. The van der Waals surface area contributed by atoms with Crippen molar-refractivity contribution < 1.29 is 0 Å². The Bertz CT molecular complexity index is 841. The molecule has 1 N–H and O–H groups in total.